The largest absolute Gasteiger partial charge is 0.481 e. The van der Waals surface area contributed by atoms with Crippen molar-refractivity contribution < 1.29 is 14.3 Å². The van der Waals surface area contributed by atoms with Crippen LogP contribution in [-0.2, 0) is 0 Å². The normalized spacial score (nSPS) is 10.6. The molecule has 0 radical (unpaired) electrons. The highest BCUT2D eigenvalue weighted by Crippen LogP contribution is 2.36. The summed E-state index contributed by atoms with van der Waals surface area (Å²) in [7, 11) is 1.56. The number of urea groups is 1. The summed E-state index contributed by atoms with van der Waals surface area (Å²) in [5.41, 5.74) is 9.29. The van der Waals surface area contributed by atoms with Gasteiger partial charge in [0, 0.05) is 41.5 Å². The van der Waals surface area contributed by atoms with Crippen LogP contribution in [0.2, 0.25) is 0 Å². The second kappa shape index (κ2) is 10.8. The number of methoxy groups -OCH3 is 1. The first-order valence-electron chi connectivity index (χ1n) is 10.7. The number of carbonyl (C=O) groups is 2. The summed E-state index contributed by atoms with van der Waals surface area (Å²) in [5, 5.41) is 7.99. The molecule has 10 nitrogen and oxygen atoms in total. The van der Waals surface area contributed by atoms with Crippen LogP contribution in [0.3, 0.4) is 0 Å². The van der Waals surface area contributed by atoms with Gasteiger partial charge in [0.2, 0.25) is 5.88 Å². The van der Waals surface area contributed by atoms with Crippen molar-refractivity contribution in [2.45, 2.75) is 6.92 Å². The van der Waals surface area contributed by atoms with Crippen LogP contribution in [-0.4, -0.2) is 51.9 Å². The molecule has 0 fully saturated rings. The van der Waals surface area contributed by atoms with Crippen molar-refractivity contribution in [3.05, 3.63) is 59.9 Å². The molecule has 0 aliphatic heterocycles. The van der Waals surface area contributed by atoms with Gasteiger partial charge in [0.25, 0.3) is 0 Å². The highest BCUT2D eigenvalue weighted by atomic mass is 32.1. The number of hydrogen-bond acceptors (Lipinski definition) is 9. The lowest BCUT2D eigenvalue weighted by Crippen LogP contribution is -2.28. The molecule has 0 aliphatic carbocycles. The third-order valence-corrected chi connectivity index (χ3v) is 5.83. The van der Waals surface area contributed by atoms with E-state index in [-0.39, 0.29) is 24.1 Å². The SMILES string of the molecule is CCNC(=O)Nc1cc(-c2nc(-c3cccc(OC)n3)cs2)c(-c2ccnc(C(=O)CN)c2)cn1. The number of carbonyl (C=O) groups excluding carboxylic acids is 2. The van der Waals surface area contributed by atoms with Crippen LogP contribution in [0.1, 0.15) is 17.4 Å². The van der Waals surface area contributed by atoms with Crippen LogP contribution in [0.5, 0.6) is 5.88 Å². The van der Waals surface area contributed by atoms with Gasteiger partial charge in [-0.15, -0.1) is 11.3 Å². The number of Topliss-reactive ketones (excluding diaryl/α,β-unsaturated/α-hetero) is 1. The number of ether oxygens (including phenoxy) is 1. The van der Waals surface area contributed by atoms with Gasteiger partial charge < -0.3 is 15.8 Å². The van der Waals surface area contributed by atoms with E-state index in [2.05, 4.69) is 25.6 Å². The van der Waals surface area contributed by atoms with Gasteiger partial charge in [-0.3, -0.25) is 15.1 Å². The van der Waals surface area contributed by atoms with E-state index in [0.29, 0.717) is 34.6 Å². The minimum Gasteiger partial charge on any atom is -0.481 e. The summed E-state index contributed by atoms with van der Waals surface area (Å²) < 4.78 is 5.22. The molecule has 4 aromatic heterocycles. The van der Waals surface area contributed by atoms with E-state index in [4.69, 9.17) is 15.5 Å². The maximum atomic E-state index is 12.1. The Hall–Kier alpha value is -4.22. The summed E-state index contributed by atoms with van der Waals surface area (Å²) in [6.07, 6.45) is 3.18. The fourth-order valence-electron chi connectivity index (χ4n) is 3.29. The number of pyridine rings is 3. The van der Waals surface area contributed by atoms with Crippen LogP contribution in [0.25, 0.3) is 33.1 Å². The van der Waals surface area contributed by atoms with Crippen molar-refractivity contribution in [3.63, 3.8) is 0 Å². The van der Waals surface area contributed by atoms with Crippen molar-refractivity contribution in [1.82, 2.24) is 25.3 Å². The maximum absolute atomic E-state index is 12.1. The predicted octanol–water partition coefficient (Wildman–Crippen LogP) is 3.62. The molecule has 0 saturated heterocycles. The number of ketones is 1. The molecule has 4 aromatic rings. The molecule has 0 saturated carbocycles. The smallest absolute Gasteiger partial charge is 0.320 e. The molecule has 4 heterocycles. The van der Waals surface area contributed by atoms with Crippen LogP contribution < -0.4 is 21.1 Å². The Bertz CT molecular complexity index is 1370. The zero-order valence-electron chi connectivity index (χ0n) is 19.1. The van der Waals surface area contributed by atoms with Gasteiger partial charge in [0.05, 0.1) is 19.3 Å². The van der Waals surface area contributed by atoms with E-state index < -0.39 is 0 Å². The fourth-order valence-corrected chi connectivity index (χ4v) is 4.14. The first kappa shape index (κ1) is 23.9. The Morgan fingerprint density at radius 2 is 1.94 bits per heavy atom. The molecule has 35 heavy (non-hydrogen) atoms. The minimum atomic E-state index is -0.362. The summed E-state index contributed by atoms with van der Waals surface area (Å²) >= 11 is 1.42. The van der Waals surface area contributed by atoms with Gasteiger partial charge >= 0.3 is 6.03 Å². The highest BCUT2D eigenvalue weighted by molar-refractivity contribution is 7.13. The van der Waals surface area contributed by atoms with Gasteiger partial charge in [0.1, 0.15) is 22.2 Å². The van der Waals surface area contributed by atoms with E-state index in [0.717, 1.165) is 16.7 Å². The second-order valence-electron chi connectivity index (χ2n) is 7.26. The van der Waals surface area contributed by atoms with Gasteiger partial charge in [-0.05, 0) is 36.8 Å². The molecule has 4 N–H and O–H groups in total. The first-order chi connectivity index (χ1) is 17.0. The summed E-state index contributed by atoms with van der Waals surface area (Å²) in [5.74, 6) is 0.582. The Morgan fingerprint density at radius 3 is 2.71 bits per heavy atom. The lowest BCUT2D eigenvalue weighted by Gasteiger charge is -2.11. The van der Waals surface area contributed by atoms with Crippen molar-refractivity contribution >= 4 is 29.0 Å². The zero-order chi connectivity index (χ0) is 24.8. The molecule has 178 valence electrons. The molecular formula is C24H23N7O3S. The number of nitrogens with two attached hydrogens (primary N) is 1. The molecule has 0 aliphatic rings. The third kappa shape index (κ3) is 5.48. The molecule has 2 amide bonds. The predicted molar refractivity (Wildman–Crippen MR) is 134 cm³/mol. The Morgan fingerprint density at radius 1 is 1.09 bits per heavy atom. The van der Waals surface area contributed by atoms with Crippen molar-refractivity contribution in [3.8, 4) is 39.0 Å². The van der Waals surface area contributed by atoms with E-state index in [1.807, 2.05) is 24.4 Å². The highest BCUT2D eigenvalue weighted by Gasteiger charge is 2.17. The number of rotatable bonds is 8. The number of thiazole rings is 1. The van der Waals surface area contributed by atoms with Gasteiger partial charge in [0.15, 0.2) is 5.78 Å². The number of nitrogens with one attached hydrogen (secondary N) is 2. The van der Waals surface area contributed by atoms with E-state index in [1.54, 1.807) is 43.8 Å². The van der Waals surface area contributed by atoms with Crippen molar-refractivity contribution in [1.29, 1.82) is 0 Å². The zero-order valence-corrected chi connectivity index (χ0v) is 19.9. The van der Waals surface area contributed by atoms with Crippen LogP contribution in [0.15, 0.2) is 54.2 Å². The monoisotopic (exact) mass is 489 g/mol. The molecule has 11 heteroatoms. The minimum absolute atomic E-state index is 0.139. The molecule has 0 aromatic carbocycles. The molecule has 0 spiro atoms. The summed E-state index contributed by atoms with van der Waals surface area (Å²) in [6.45, 7) is 2.17. The average Bonchev–Trinajstić information content (AvgIpc) is 3.39. The van der Waals surface area contributed by atoms with Crippen LogP contribution in [0.4, 0.5) is 10.6 Å². The van der Waals surface area contributed by atoms with E-state index in [1.165, 1.54) is 11.3 Å². The lowest BCUT2D eigenvalue weighted by molar-refractivity contribution is 0.0996. The van der Waals surface area contributed by atoms with Gasteiger partial charge in [-0.1, -0.05) is 6.07 Å². The number of hydrogen-bond donors (Lipinski definition) is 3. The molecule has 0 bridgehead atoms. The van der Waals surface area contributed by atoms with Gasteiger partial charge in [-0.2, -0.15) is 0 Å². The van der Waals surface area contributed by atoms with Crippen molar-refractivity contribution in [2.24, 2.45) is 5.73 Å². The molecular weight excluding hydrogens is 466 g/mol. The summed E-state index contributed by atoms with van der Waals surface area (Å²) in [4.78, 5) is 41.9. The topological polar surface area (TPSA) is 145 Å². The average molecular weight is 490 g/mol. The van der Waals surface area contributed by atoms with E-state index in [9.17, 15) is 9.59 Å². The second-order valence-corrected chi connectivity index (χ2v) is 8.12. The molecule has 0 unspecified atom stereocenters. The van der Waals surface area contributed by atoms with Crippen molar-refractivity contribution in [2.75, 3.05) is 25.5 Å². The Balaban J connectivity index is 1.80. The number of amides is 2. The first-order valence-corrected chi connectivity index (χ1v) is 11.6. The Labute approximate surface area is 205 Å². The van der Waals surface area contributed by atoms with Crippen LogP contribution in [0, 0.1) is 0 Å². The van der Waals surface area contributed by atoms with E-state index >= 15 is 0 Å². The number of aromatic nitrogens is 4. The van der Waals surface area contributed by atoms with Gasteiger partial charge in [-0.25, -0.2) is 19.7 Å². The fraction of sp³-hybridized carbons (Fsp3) is 0.167. The third-order valence-electron chi connectivity index (χ3n) is 4.95. The number of anilines is 1. The lowest BCUT2D eigenvalue weighted by atomic mass is 10.0. The standard InChI is InChI=1S/C24H23N7O3S/c1-3-26-24(33)31-21-10-15(16(12-28-21)14-7-8-27-18(9-14)20(32)11-25)23-30-19(13-35-23)17-5-4-6-22(29-17)34-2/h4-10,12-13H,3,11,25H2,1-2H3,(H2,26,28,31,33). The summed E-state index contributed by atoms with van der Waals surface area (Å²) in [6, 6.07) is 10.3. The quantitative estimate of drug-likeness (QED) is 0.318. The van der Waals surface area contributed by atoms with Crippen LogP contribution >= 0.6 is 11.3 Å². The molecule has 0 atom stereocenters. The molecule has 4 rings (SSSR count). The number of nitrogens with zero attached hydrogens (tertiary/aromatic N) is 4. The Kier molecular flexibility index (Phi) is 7.38. The maximum Gasteiger partial charge on any atom is 0.320 e.